The molecule has 2 saturated heterocycles. The Bertz CT molecular complexity index is 1700. The van der Waals surface area contributed by atoms with E-state index in [-0.39, 0.29) is 16.9 Å². The molecule has 2 spiro atoms. The van der Waals surface area contributed by atoms with E-state index in [2.05, 4.69) is 26.7 Å². The quantitative estimate of drug-likeness (QED) is 0.370. The van der Waals surface area contributed by atoms with Crippen LogP contribution in [0, 0.1) is 29.1 Å². The van der Waals surface area contributed by atoms with E-state index in [4.69, 9.17) is 25.8 Å². The lowest BCUT2D eigenvalue weighted by atomic mass is 9.61. The molecule has 4 aliphatic carbocycles. The standard InChI is InChI=1S/C38H50ClN3O6S/c1-36-18-28(36)5-3-13-38(23-41-14-15-46-20-30(41)21-48-38)32-9-6-27(32)19-42-22-37(12-2-4-25-16-29(39)8-10-31(25)37)24-47-34-11-7-26(17-33(34)42)35(43)40-49(36,44)45/h7-8,11,16-17,27-28,30-32H,2-6,9-10,12-15,18-24H2,1H3,(H,40,43)/t27-,28+,30-,31?,32+,36+,37-,38+/m0/s1. The van der Waals surface area contributed by atoms with E-state index in [9.17, 15) is 13.2 Å². The van der Waals surface area contributed by atoms with Gasteiger partial charge in [0.2, 0.25) is 10.0 Å². The van der Waals surface area contributed by atoms with Crippen molar-refractivity contribution in [2.24, 2.45) is 29.1 Å². The summed E-state index contributed by atoms with van der Waals surface area (Å²) in [7, 11) is -3.87. The average Bonchev–Trinajstić information content (AvgIpc) is 3.78. The Kier molecular flexibility index (Phi) is 8.01. The Balaban J connectivity index is 1.10. The fraction of sp³-hybridized carbons (Fsp3) is 0.711. The number of benzene rings is 1. The third-order valence-electron chi connectivity index (χ3n) is 14.1. The van der Waals surface area contributed by atoms with Gasteiger partial charge in [-0.15, -0.1) is 0 Å². The molecule has 2 bridgehead atoms. The Hall–Kier alpha value is -2.11. The summed E-state index contributed by atoms with van der Waals surface area (Å²) in [6.45, 7) is 8.09. The molecule has 8 atom stereocenters. The molecular formula is C38H50ClN3O6S. The summed E-state index contributed by atoms with van der Waals surface area (Å²) in [4.78, 5) is 18.8. The molecular weight excluding hydrogens is 662 g/mol. The zero-order valence-corrected chi connectivity index (χ0v) is 30.2. The lowest BCUT2D eigenvalue weighted by molar-refractivity contribution is -0.212. The van der Waals surface area contributed by atoms with Crippen LogP contribution in [0.3, 0.4) is 0 Å². The minimum Gasteiger partial charge on any atom is -0.491 e. The van der Waals surface area contributed by atoms with E-state index in [1.807, 2.05) is 12.1 Å². The highest BCUT2D eigenvalue weighted by Gasteiger charge is 2.61. The molecule has 1 unspecified atom stereocenters. The fourth-order valence-electron chi connectivity index (χ4n) is 10.9. The Morgan fingerprint density at radius 1 is 1.08 bits per heavy atom. The first-order valence-electron chi connectivity index (χ1n) is 18.7. The number of anilines is 1. The molecule has 8 aliphatic rings. The van der Waals surface area contributed by atoms with Gasteiger partial charge in [0.15, 0.2) is 0 Å². The summed E-state index contributed by atoms with van der Waals surface area (Å²) in [5.41, 5.74) is 2.31. The molecule has 0 aromatic heterocycles. The van der Waals surface area contributed by atoms with Crippen LogP contribution in [0.15, 0.2) is 41.0 Å². The largest absolute Gasteiger partial charge is 0.491 e. The molecule has 11 heteroatoms. The van der Waals surface area contributed by atoms with Crippen LogP contribution in [0.4, 0.5) is 5.69 Å². The summed E-state index contributed by atoms with van der Waals surface area (Å²) in [6, 6.07) is 5.79. The zero-order chi connectivity index (χ0) is 33.6. The van der Waals surface area contributed by atoms with Gasteiger partial charge >= 0.3 is 0 Å². The minimum atomic E-state index is -3.87. The van der Waals surface area contributed by atoms with Gasteiger partial charge in [-0.1, -0.05) is 29.7 Å². The van der Waals surface area contributed by atoms with Crippen molar-refractivity contribution in [1.29, 1.82) is 0 Å². The Labute approximate surface area is 295 Å². The van der Waals surface area contributed by atoms with Crippen LogP contribution in [0.5, 0.6) is 5.75 Å². The summed E-state index contributed by atoms with van der Waals surface area (Å²) in [5, 5.41) is 0.834. The van der Waals surface area contributed by atoms with Crippen LogP contribution in [0.25, 0.3) is 0 Å². The minimum absolute atomic E-state index is 0.0331. The number of halogens is 1. The number of nitrogens with zero attached hydrogens (tertiary/aromatic N) is 2. The third kappa shape index (κ3) is 5.49. The third-order valence-corrected chi connectivity index (χ3v) is 16.5. The second kappa shape index (κ2) is 12.0. The maximum atomic E-state index is 13.7. The van der Waals surface area contributed by atoms with Gasteiger partial charge in [0.05, 0.1) is 48.5 Å². The van der Waals surface area contributed by atoms with Crippen LogP contribution in [0.2, 0.25) is 0 Å². The molecule has 0 radical (unpaired) electrons. The van der Waals surface area contributed by atoms with Crippen molar-refractivity contribution in [3.05, 3.63) is 46.5 Å². The van der Waals surface area contributed by atoms with E-state index in [1.165, 1.54) is 5.57 Å². The van der Waals surface area contributed by atoms with Crippen molar-refractivity contribution < 1.29 is 27.4 Å². The maximum Gasteiger partial charge on any atom is 0.264 e. The first kappa shape index (κ1) is 32.8. The topological polar surface area (TPSA) is 97.4 Å². The van der Waals surface area contributed by atoms with Crippen LogP contribution in [-0.2, 0) is 19.5 Å². The Morgan fingerprint density at radius 2 is 1.98 bits per heavy atom. The number of morpholine rings is 2. The number of nitrogens with one attached hydrogen (secondary N) is 1. The van der Waals surface area contributed by atoms with Crippen molar-refractivity contribution in [2.45, 2.75) is 87.5 Å². The zero-order valence-electron chi connectivity index (χ0n) is 28.6. The van der Waals surface area contributed by atoms with Gasteiger partial charge in [-0.25, -0.2) is 13.1 Å². The molecule has 1 aromatic carbocycles. The van der Waals surface area contributed by atoms with Crippen LogP contribution in [0.1, 0.15) is 81.5 Å². The van der Waals surface area contributed by atoms with Gasteiger partial charge in [-0.2, -0.15) is 0 Å². The van der Waals surface area contributed by atoms with Gasteiger partial charge in [0, 0.05) is 42.2 Å². The molecule has 9 nitrogen and oxygen atoms in total. The first-order chi connectivity index (χ1) is 23.6. The van der Waals surface area contributed by atoms with E-state index in [0.717, 1.165) is 114 Å². The first-order valence-corrected chi connectivity index (χ1v) is 20.5. The number of carbonyl (C=O) groups excluding carboxylic acids is 1. The number of hydrogen-bond acceptors (Lipinski definition) is 8. The number of carbonyl (C=O) groups is 1. The molecule has 1 amide bonds. The fourth-order valence-corrected chi connectivity index (χ4v) is 12.7. The SMILES string of the molecule is C[C@@]12C[C@H]1CCC[C@@]1(CN3CCOC[C@H]3CO1)[C@@H]1CC[C@H]1CN1C[C@@]3(CCCC4=CC(Cl)=CCC43)COc3ccc(cc31)C(=O)NS2(=O)=O. The van der Waals surface area contributed by atoms with Gasteiger partial charge in [0.25, 0.3) is 5.91 Å². The van der Waals surface area contributed by atoms with Gasteiger partial charge < -0.3 is 19.1 Å². The molecule has 3 saturated carbocycles. The molecule has 4 heterocycles. The second-order valence-electron chi connectivity index (χ2n) is 16.7. The molecule has 1 N–H and O–H groups in total. The second-order valence-corrected chi connectivity index (χ2v) is 19.3. The molecule has 4 aliphatic heterocycles. The molecule has 1 aromatic rings. The monoisotopic (exact) mass is 711 g/mol. The predicted octanol–water partition coefficient (Wildman–Crippen LogP) is 5.64. The average molecular weight is 712 g/mol. The van der Waals surface area contributed by atoms with E-state index >= 15 is 0 Å². The lowest BCUT2D eigenvalue weighted by Gasteiger charge is -2.57. The Morgan fingerprint density at radius 3 is 2.84 bits per heavy atom. The van der Waals surface area contributed by atoms with Crippen molar-refractivity contribution in [3.8, 4) is 5.75 Å². The van der Waals surface area contributed by atoms with Crippen LogP contribution < -0.4 is 14.4 Å². The van der Waals surface area contributed by atoms with E-state index < -0.39 is 20.7 Å². The van der Waals surface area contributed by atoms with Crippen molar-refractivity contribution in [1.82, 2.24) is 9.62 Å². The van der Waals surface area contributed by atoms with Crippen LogP contribution >= 0.6 is 11.6 Å². The maximum absolute atomic E-state index is 13.7. The number of rotatable bonds is 0. The number of hydrogen-bond donors (Lipinski definition) is 1. The summed E-state index contributed by atoms with van der Waals surface area (Å²) in [5.74, 6) is 1.44. The number of fused-ring (bicyclic) bond motifs is 7. The van der Waals surface area contributed by atoms with Crippen molar-refractivity contribution >= 4 is 33.2 Å². The number of amides is 1. The lowest BCUT2D eigenvalue weighted by Crippen LogP contribution is -2.65. The van der Waals surface area contributed by atoms with E-state index in [1.54, 1.807) is 13.0 Å². The smallest absolute Gasteiger partial charge is 0.264 e. The molecule has 266 valence electrons. The van der Waals surface area contributed by atoms with Gasteiger partial charge in [-0.05, 0) is 113 Å². The normalized spacial score (nSPS) is 41.7. The van der Waals surface area contributed by atoms with Crippen LogP contribution in [-0.4, -0.2) is 88.2 Å². The van der Waals surface area contributed by atoms with E-state index in [0.29, 0.717) is 49.0 Å². The summed E-state index contributed by atoms with van der Waals surface area (Å²) in [6.07, 6.45) is 14.0. The molecule has 49 heavy (non-hydrogen) atoms. The molecule has 9 rings (SSSR count). The highest BCUT2D eigenvalue weighted by Crippen LogP contribution is 2.56. The van der Waals surface area contributed by atoms with Crippen molar-refractivity contribution in [3.63, 3.8) is 0 Å². The number of sulfonamides is 1. The number of ether oxygens (including phenoxy) is 3. The molecule has 5 fully saturated rings. The van der Waals surface area contributed by atoms with Crippen molar-refractivity contribution in [2.75, 3.05) is 57.5 Å². The van der Waals surface area contributed by atoms with Gasteiger partial charge in [0.1, 0.15) is 5.75 Å². The number of allylic oxidation sites excluding steroid dienone is 4. The highest BCUT2D eigenvalue weighted by atomic mass is 35.5. The highest BCUT2D eigenvalue weighted by molar-refractivity contribution is 7.91. The summed E-state index contributed by atoms with van der Waals surface area (Å²) < 4.78 is 48.6. The predicted molar refractivity (Wildman–Crippen MR) is 188 cm³/mol. The summed E-state index contributed by atoms with van der Waals surface area (Å²) >= 11 is 6.53. The van der Waals surface area contributed by atoms with Gasteiger partial charge in [-0.3, -0.25) is 9.69 Å².